The summed E-state index contributed by atoms with van der Waals surface area (Å²) in [6.45, 7) is 0. The number of benzene rings is 4. The molecule has 3 nitrogen and oxygen atoms in total. The molecular formula is C26H18Cl2O3. The predicted octanol–water partition coefficient (Wildman–Crippen LogP) is 7.34. The fraction of sp³-hybridized carbons (Fsp3) is 0. The predicted molar refractivity (Wildman–Crippen MR) is 125 cm³/mol. The normalized spacial score (nSPS) is 9.87. The molecule has 0 heterocycles. The molecule has 4 aromatic rings. The van der Waals surface area contributed by atoms with Crippen molar-refractivity contribution in [2.45, 2.75) is 0 Å². The van der Waals surface area contributed by atoms with Crippen LogP contribution in [0.1, 0.15) is 20.7 Å². The van der Waals surface area contributed by atoms with E-state index in [4.69, 9.17) is 27.9 Å². The van der Waals surface area contributed by atoms with Gasteiger partial charge in [-0.05, 0) is 47.5 Å². The van der Waals surface area contributed by atoms with Gasteiger partial charge in [0.15, 0.2) is 0 Å². The van der Waals surface area contributed by atoms with Crippen molar-refractivity contribution in [1.29, 1.82) is 0 Å². The molecule has 0 N–H and O–H groups in total. The average molecular weight is 449 g/mol. The summed E-state index contributed by atoms with van der Waals surface area (Å²) in [5.41, 5.74) is 2.97. The summed E-state index contributed by atoms with van der Waals surface area (Å²) >= 11 is 11.5. The van der Waals surface area contributed by atoms with Gasteiger partial charge in [-0.25, -0.2) is 9.59 Å². The molecule has 0 atom stereocenters. The van der Waals surface area contributed by atoms with Crippen molar-refractivity contribution in [3.8, 4) is 11.1 Å². The van der Waals surface area contributed by atoms with E-state index in [1.54, 1.807) is 24.3 Å². The van der Waals surface area contributed by atoms with Crippen LogP contribution in [0.3, 0.4) is 0 Å². The quantitative estimate of drug-likeness (QED) is 0.243. The molecule has 0 amide bonds. The summed E-state index contributed by atoms with van der Waals surface area (Å²) in [5.74, 6) is -1.51. The first kappa shape index (κ1) is 22.3. The molecule has 0 unspecified atom stereocenters. The molecule has 154 valence electrons. The van der Waals surface area contributed by atoms with E-state index in [0.29, 0.717) is 10.0 Å². The number of carbonyl (C=O) groups excluding carboxylic acids is 2. The van der Waals surface area contributed by atoms with E-state index < -0.39 is 11.9 Å². The SMILES string of the molecule is O=C(OC(=O)c1cccc(Cl)c1)c1cccc(Cl)c1.c1ccc(-c2ccccc2)cc1. The number of hydrogen-bond acceptors (Lipinski definition) is 3. The van der Waals surface area contributed by atoms with Crippen LogP contribution in [-0.2, 0) is 4.74 Å². The van der Waals surface area contributed by atoms with Crippen molar-refractivity contribution in [2.24, 2.45) is 0 Å². The summed E-state index contributed by atoms with van der Waals surface area (Å²) in [4.78, 5) is 23.5. The maximum absolute atomic E-state index is 11.7. The van der Waals surface area contributed by atoms with E-state index in [0.717, 1.165) is 0 Å². The molecule has 0 aliphatic rings. The second-order valence-electron chi connectivity index (χ2n) is 6.43. The van der Waals surface area contributed by atoms with Gasteiger partial charge in [0.2, 0.25) is 0 Å². The molecule has 0 radical (unpaired) electrons. The topological polar surface area (TPSA) is 43.4 Å². The van der Waals surface area contributed by atoms with Crippen LogP contribution in [0, 0.1) is 0 Å². The van der Waals surface area contributed by atoms with Crippen LogP contribution in [0.2, 0.25) is 10.0 Å². The average Bonchev–Trinajstić information content (AvgIpc) is 2.80. The maximum atomic E-state index is 11.7. The van der Waals surface area contributed by atoms with Crippen LogP contribution in [0.15, 0.2) is 109 Å². The first-order valence-electron chi connectivity index (χ1n) is 9.41. The Bertz CT molecular complexity index is 1070. The van der Waals surface area contributed by atoms with Crippen molar-refractivity contribution >= 4 is 35.1 Å². The molecule has 0 aliphatic carbocycles. The lowest BCUT2D eigenvalue weighted by molar-refractivity contribution is 0.0398. The number of hydrogen-bond donors (Lipinski definition) is 0. The molecule has 0 spiro atoms. The lowest BCUT2D eigenvalue weighted by atomic mass is 10.1. The Labute approximate surface area is 190 Å². The van der Waals surface area contributed by atoms with Gasteiger partial charge in [-0.15, -0.1) is 0 Å². The standard InChI is InChI=1S/C14H8Cl2O3.C12H10/c15-11-5-1-3-9(7-11)13(17)19-14(18)10-4-2-6-12(16)8-10;1-3-7-11(8-4-1)12-9-5-2-6-10-12/h1-8H;1-10H. The Morgan fingerprint density at radius 3 is 1.26 bits per heavy atom. The molecule has 5 heteroatoms. The molecule has 0 aliphatic heterocycles. The van der Waals surface area contributed by atoms with Crippen molar-refractivity contribution in [1.82, 2.24) is 0 Å². The van der Waals surface area contributed by atoms with Gasteiger partial charge in [0.05, 0.1) is 11.1 Å². The second kappa shape index (κ2) is 11.1. The summed E-state index contributed by atoms with van der Waals surface area (Å²) in [6, 6.07) is 33.1. The molecule has 0 saturated carbocycles. The van der Waals surface area contributed by atoms with Gasteiger partial charge in [0, 0.05) is 10.0 Å². The number of carbonyl (C=O) groups is 2. The van der Waals surface area contributed by atoms with E-state index in [1.165, 1.54) is 35.4 Å². The van der Waals surface area contributed by atoms with Crippen molar-refractivity contribution in [3.05, 3.63) is 130 Å². The van der Waals surface area contributed by atoms with Crippen molar-refractivity contribution in [2.75, 3.05) is 0 Å². The summed E-state index contributed by atoms with van der Waals surface area (Å²) in [6.07, 6.45) is 0. The highest BCUT2D eigenvalue weighted by Crippen LogP contribution is 2.17. The third-order valence-corrected chi connectivity index (χ3v) is 4.66. The highest BCUT2D eigenvalue weighted by Gasteiger charge is 2.15. The largest absolute Gasteiger partial charge is 0.386 e. The smallest absolute Gasteiger partial charge is 0.346 e. The fourth-order valence-electron chi connectivity index (χ4n) is 2.69. The van der Waals surface area contributed by atoms with E-state index in [-0.39, 0.29) is 11.1 Å². The Morgan fingerprint density at radius 1 is 0.516 bits per heavy atom. The molecule has 4 aromatic carbocycles. The highest BCUT2D eigenvalue weighted by molar-refractivity contribution is 6.31. The summed E-state index contributed by atoms with van der Waals surface area (Å²) in [7, 11) is 0. The van der Waals surface area contributed by atoms with Gasteiger partial charge in [-0.3, -0.25) is 0 Å². The van der Waals surface area contributed by atoms with Gasteiger partial charge in [-0.1, -0.05) is 96.0 Å². The number of ether oxygens (including phenoxy) is 1. The van der Waals surface area contributed by atoms with E-state index in [1.807, 2.05) is 12.1 Å². The fourth-order valence-corrected chi connectivity index (χ4v) is 3.07. The first-order valence-corrected chi connectivity index (χ1v) is 10.2. The zero-order valence-corrected chi connectivity index (χ0v) is 17.9. The monoisotopic (exact) mass is 448 g/mol. The molecule has 0 saturated heterocycles. The van der Waals surface area contributed by atoms with E-state index >= 15 is 0 Å². The van der Waals surface area contributed by atoms with Crippen molar-refractivity contribution < 1.29 is 14.3 Å². The number of esters is 2. The van der Waals surface area contributed by atoms with Gasteiger partial charge in [0.1, 0.15) is 0 Å². The van der Waals surface area contributed by atoms with Gasteiger partial charge < -0.3 is 4.74 Å². The zero-order chi connectivity index (χ0) is 22.1. The Balaban J connectivity index is 0.000000194. The Morgan fingerprint density at radius 2 is 0.903 bits per heavy atom. The minimum atomic E-state index is -0.757. The Hall–Kier alpha value is -3.40. The molecule has 0 fully saturated rings. The number of halogens is 2. The lowest BCUT2D eigenvalue weighted by Gasteiger charge is -2.03. The van der Waals surface area contributed by atoms with Gasteiger partial charge in [-0.2, -0.15) is 0 Å². The van der Waals surface area contributed by atoms with Gasteiger partial charge >= 0.3 is 11.9 Å². The molecule has 0 bridgehead atoms. The highest BCUT2D eigenvalue weighted by atomic mass is 35.5. The summed E-state index contributed by atoms with van der Waals surface area (Å²) < 4.78 is 4.74. The Kier molecular flexibility index (Phi) is 7.99. The minimum absolute atomic E-state index is 0.211. The van der Waals surface area contributed by atoms with Crippen LogP contribution in [0.25, 0.3) is 11.1 Å². The maximum Gasteiger partial charge on any atom is 0.346 e. The third-order valence-electron chi connectivity index (χ3n) is 4.19. The van der Waals surface area contributed by atoms with Crippen LogP contribution >= 0.6 is 23.2 Å². The minimum Gasteiger partial charge on any atom is -0.386 e. The van der Waals surface area contributed by atoms with Gasteiger partial charge in [0.25, 0.3) is 0 Å². The molecular weight excluding hydrogens is 431 g/mol. The van der Waals surface area contributed by atoms with Crippen LogP contribution in [0.5, 0.6) is 0 Å². The molecule has 0 aromatic heterocycles. The van der Waals surface area contributed by atoms with E-state index in [2.05, 4.69) is 48.5 Å². The van der Waals surface area contributed by atoms with Crippen LogP contribution < -0.4 is 0 Å². The second-order valence-corrected chi connectivity index (χ2v) is 7.30. The van der Waals surface area contributed by atoms with Crippen molar-refractivity contribution in [3.63, 3.8) is 0 Å². The molecule has 4 rings (SSSR count). The zero-order valence-electron chi connectivity index (χ0n) is 16.4. The third kappa shape index (κ3) is 6.82. The van der Waals surface area contributed by atoms with Crippen LogP contribution in [0.4, 0.5) is 0 Å². The lowest BCUT2D eigenvalue weighted by Crippen LogP contribution is -2.12. The molecule has 31 heavy (non-hydrogen) atoms. The number of rotatable bonds is 3. The first-order chi connectivity index (χ1) is 15.0. The summed E-state index contributed by atoms with van der Waals surface area (Å²) in [5, 5.41) is 0.786. The van der Waals surface area contributed by atoms with E-state index in [9.17, 15) is 9.59 Å². The van der Waals surface area contributed by atoms with Crippen LogP contribution in [-0.4, -0.2) is 11.9 Å².